The van der Waals surface area contributed by atoms with E-state index < -0.39 is 38.6 Å². The predicted molar refractivity (Wildman–Crippen MR) is 91.8 cm³/mol. The molecule has 2 aromatic rings. The van der Waals surface area contributed by atoms with E-state index in [0.29, 0.717) is 4.47 Å². The van der Waals surface area contributed by atoms with Gasteiger partial charge in [0.2, 0.25) is 5.69 Å². The summed E-state index contributed by atoms with van der Waals surface area (Å²) < 4.78 is 39.1. The van der Waals surface area contributed by atoms with Crippen LogP contribution in [0.2, 0.25) is 0 Å². The van der Waals surface area contributed by atoms with Crippen LogP contribution in [0, 0.1) is 20.2 Å². The van der Waals surface area contributed by atoms with Gasteiger partial charge in [-0.2, -0.15) is 18.3 Å². The fourth-order valence-electron chi connectivity index (χ4n) is 1.97. The van der Waals surface area contributed by atoms with Crippen molar-refractivity contribution in [2.24, 2.45) is 5.10 Å². The summed E-state index contributed by atoms with van der Waals surface area (Å²) >= 11 is 3.14. The standard InChI is InChI=1S/C14H8BrF3N4O5/c15-9-1-2-12(23)7(3-9)6-19-20-13-10(21(24)25)4-8(14(16,17)18)5-11(13)22(26)27/h1-6,20,23H/b19-6-. The Hall–Kier alpha value is -3.22. The first-order chi connectivity index (χ1) is 12.5. The number of rotatable bonds is 5. The van der Waals surface area contributed by atoms with Gasteiger partial charge in [-0.15, -0.1) is 0 Å². The van der Waals surface area contributed by atoms with E-state index in [4.69, 9.17) is 0 Å². The van der Waals surface area contributed by atoms with Gasteiger partial charge >= 0.3 is 17.6 Å². The number of aromatic hydroxyl groups is 1. The molecule has 0 aliphatic carbocycles. The maximum atomic E-state index is 12.8. The van der Waals surface area contributed by atoms with E-state index >= 15 is 0 Å². The number of anilines is 1. The third kappa shape index (κ3) is 4.69. The Morgan fingerprint density at radius 3 is 2.15 bits per heavy atom. The molecule has 0 unspecified atom stereocenters. The number of benzene rings is 2. The minimum Gasteiger partial charge on any atom is -0.507 e. The molecule has 0 aliphatic heterocycles. The summed E-state index contributed by atoms with van der Waals surface area (Å²) in [6.45, 7) is 0. The zero-order valence-electron chi connectivity index (χ0n) is 12.9. The molecule has 0 radical (unpaired) electrons. The third-order valence-corrected chi connectivity index (χ3v) is 3.68. The van der Waals surface area contributed by atoms with Crippen molar-refractivity contribution in [1.29, 1.82) is 0 Å². The smallest absolute Gasteiger partial charge is 0.416 e. The van der Waals surface area contributed by atoms with Crippen LogP contribution in [0.5, 0.6) is 5.75 Å². The number of hydrogen-bond acceptors (Lipinski definition) is 7. The molecule has 0 saturated carbocycles. The van der Waals surface area contributed by atoms with Gasteiger partial charge in [-0.25, -0.2) is 0 Å². The van der Waals surface area contributed by atoms with Gasteiger partial charge in [0.15, 0.2) is 0 Å². The first kappa shape index (κ1) is 20.1. The normalized spacial score (nSPS) is 11.6. The summed E-state index contributed by atoms with van der Waals surface area (Å²) in [7, 11) is 0. The van der Waals surface area contributed by atoms with Gasteiger partial charge in [0, 0.05) is 22.2 Å². The predicted octanol–water partition coefficient (Wildman–Crippen LogP) is 4.44. The highest BCUT2D eigenvalue weighted by atomic mass is 79.9. The lowest BCUT2D eigenvalue weighted by Crippen LogP contribution is -2.09. The number of nitro benzene ring substituents is 2. The average Bonchev–Trinajstić information content (AvgIpc) is 2.56. The third-order valence-electron chi connectivity index (χ3n) is 3.19. The second kappa shape index (κ2) is 7.57. The molecule has 0 amide bonds. The number of nitrogens with one attached hydrogen (secondary N) is 1. The number of hydrazone groups is 1. The van der Waals surface area contributed by atoms with Gasteiger partial charge in [-0.05, 0) is 18.2 Å². The van der Waals surface area contributed by atoms with Crippen molar-refractivity contribution in [1.82, 2.24) is 0 Å². The number of alkyl halides is 3. The van der Waals surface area contributed by atoms with E-state index in [-0.39, 0.29) is 23.4 Å². The molecule has 2 N–H and O–H groups in total. The Kier molecular flexibility index (Phi) is 5.64. The highest BCUT2D eigenvalue weighted by Crippen LogP contribution is 2.41. The van der Waals surface area contributed by atoms with Gasteiger partial charge in [0.25, 0.3) is 0 Å². The minimum absolute atomic E-state index is 0.147. The van der Waals surface area contributed by atoms with Crippen LogP contribution in [-0.4, -0.2) is 21.2 Å². The topological polar surface area (TPSA) is 131 Å². The first-order valence-corrected chi connectivity index (χ1v) is 7.61. The van der Waals surface area contributed by atoms with Crippen LogP contribution in [0.15, 0.2) is 39.9 Å². The number of nitro groups is 2. The van der Waals surface area contributed by atoms with Crippen LogP contribution in [0.1, 0.15) is 11.1 Å². The number of hydrogen-bond donors (Lipinski definition) is 2. The summed E-state index contributed by atoms with van der Waals surface area (Å²) in [4.78, 5) is 19.8. The molecule has 0 bridgehead atoms. The minimum atomic E-state index is -5.01. The highest BCUT2D eigenvalue weighted by molar-refractivity contribution is 9.10. The van der Waals surface area contributed by atoms with E-state index in [2.05, 4.69) is 21.0 Å². The molecule has 13 heteroatoms. The summed E-state index contributed by atoms with van der Waals surface area (Å²) in [5, 5.41) is 35.4. The molecular weight excluding hydrogens is 441 g/mol. The summed E-state index contributed by atoms with van der Waals surface area (Å²) in [5.41, 5.74) is -2.56. The zero-order chi connectivity index (χ0) is 20.4. The second-order valence-corrected chi connectivity index (χ2v) is 5.89. The van der Waals surface area contributed by atoms with Crippen LogP contribution in [0.25, 0.3) is 0 Å². The number of phenols is 1. The van der Waals surface area contributed by atoms with E-state index in [9.17, 15) is 38.5 Å². The van der Waals surface area contributed by atoms with Crippen molar-refractivity contribution in [3.05, 3.63) is 66.2 Å². The fraction of sp³-hybridized carbons (Fsp3) is 0.0714. The maximum Gasteiger partial charge on any atom is 0.416 e. The van der Waals surface area contributed by atoms with Gasteiger partial charge in [0.1, 0.15) is 5.75 Å². The summed E-state index contributed by atoms with van der Waals surface area (Å²) in [6, 6.07) is 4.60. The monoisotopic (exact) mass is 448 g/mol. The molecule has 0 spiro atoms. The van der Waals surface area contributed by atoms with Crippen LogP contribution in [0.4, 0.5) is 30.2 Å². The van der Waals surface area contributed by atoms with Crippen LogP contribution < -0.4 is 5.43 Å². The molecule has 0 fully saturated rings. The molecule has 2 aromatic carbocycles. The number of nitrogens with zero attached hydrogens (tertiary/aromatic N) is 3. The number of halogens is 4. The molecule has 0 aliphatic rings. The number of phenolic OH excluding ortho intramolecular Hbond substituents is 1. The lowest BCUT2D eigenvalue weighted by Gasteiger charge is -2.09. The quantitative estimate of drug-likeness (QED) is 0.394. The van der Waals surface area contributed by atoms with E-state index in [1.54, 1.807) is 0 Å². The molecule has 142 valence electrons. The van der Waals surface area contributed by atoms with Gasteiger partial charge < -0.3 is 5.11 Å². The second-order valence-electron chi connectivity index (χ2n) is 4.97. The average molecular weight is 449 g/mol. The van der Waals surface area contributed by atoms with Gasteiger partial charge in [-0.1, -0.05) is 15.9 Å². The van der Waals surface area contributed by atoms with Crippen molar-refractivity contribution < 1.29 is 28.1 Å². The zero-order valence-corrected chi connectivity index (χ0v) is 14.5. The van der Waals surface area contributed by atoms with Crippen LogP contribution in [-0.2, 0) is 6.18 Å². The van der Waals surface area contributed by atoms with Crippen molar-refractivity contribution >= 4 is 39.2 Å². The summed E-state index contributed by atoms with van der Waals surface area (Å²) in [6.07, 6.45) is -4.02. The Morgan fingerprint density at radius 1 is 1.11 bits per heavy atom. The van der Waals surface area contributed by atoms with Crippen LogP contribution in [0.3, 0.4) is 0 Å². The van der Waals surface area contributed by atoms with Crippen molar-refractivity contribution in [3.63, 3.8) is 0 Å². The van der Waals surface area contributed by atoms with Crippen LogP contribution >= 0.6 is 15.9 Å². The maximum absolute atomic E-state index is 12.8. The molecule has 0 heterocycles. The van der Waals surface area contributed by atoms with E-state index in [1.807, 2.05) is 5.43 Å². The summed E-state index contributed by atoms with van der Waals surface area (Å²) in [5.74, 6) is -0.208. The van der Waals surface area contributed by atoms with Crippen molar-refractivity contribution in [2.75, 3.05) is 5.43 Å². The Balaban J connectivity index is 2.51. The molecule has 0 saturated heterocycles. The van der Waals surface area contributed by atoms with E-state index in [0.717, 1.165) is 6.21 Å². The Labute approximate surface area is 156 Å². The first-order valence-electron chi connectivity index (χ1n) is 6.82. The van der Waals surface area contributed by atoms with Crippen molar-refractivity contribution in [2.45, 2.75) is 6.18 Å². The molecule has 27 heavy (non-hydrogen) atoms. The molecule has 9 nitrogen and oxygen atoms in total. The van der Waals surface area contributed by atoms with E-state index in [1.165, 1.54) is 18.2 Å². The fourth-order valence-corrected chi connectivity index (χ4v) is 2.35. The lowest BCUT2D eigenvalue weighted by atomic mass is 10.1. The molecule has 2 rings (SSSR count). The SMILES string of the molecule is O=[N+]([O-])c1cc(C(F)(F)F)cc([N+](=O)[O-])c1N/N=C\c1cc(Br)ccc1O. The molecule has 0 atom stereocenters. The Morgan fingerprint density at radius 2 is 1.67 bits per heavy atom. The molecular formula is C14H8BrF3N4O5. The highest BCUT2D eigenvalue weighted by Gasteiger charge is 2.37. The largest absolute Gasteiger partial charge is 0.507 e. The van der Waals surface area contributed by atoms with Crippen molar-refractivity contribution in [3.8, 4) is 5.75 Å². The Bertz CT molecular complexity index is 914. The van der Waals surface area contributed by atoms with Gasteiger partial charge in [0.05, 0.1) is 21.6 Å². The molecule has 0 aromatic heterocycles. The van der Waals surface area contributed by atoms with Gasteiger partial charge in [-0.3, -0.25) is 25.7 Å². The lowest BCUT2D eigenvalue weighted by molar-refractivity contribution is -0.392.